The molecule has 0 nitrogen and oxygen atoms in total. The maximum Gasteiger partial charge on any atom is 0.131 e. The molecule has 0 aromatic heterocycles. The van der Waals surface area contributed by atoms with E-state index in [9.17, 15) is 4.39 Å². The standard InChI is InChI=1S/C15H13F/c1-3-12-8-9-15(16)14(10-12)13-7-5-4-6-11(13)2/h3-10H,1H2,2H3. The molecule has 0 atom stereocenters. The van der Waals surface area contributed by atoms with Gasteiger partial charge in [-0.3, -0.25) is 0 Å². The highest BCUT2D eigenvalue weighted by atomic mass is 19.1. The Labute approximate surface area is 95.1 Å². The third-order valence-electron chi connectivity index (χ3n) is 2.66. The molecule has 1 heteroatoms. The molecule has 0 spiro atoms. The van der Waals surface area contributed by atoms with Crippen molar-refractivity contribution >= 4 is 6.08 Å². The first-order valence-electron chi connectivity index (χ1n) is 5.20. The van der Waals surface area contributed by atoms with Crippen molar-refractivity contribution in [3.05, 3.63) is 66.0 Å². The fraction of sp³-hybridized carbons (Fsp3) is 0.0667. The van der Waals surface area contributed by atoms with Crippen LogP contribution < -0.4 is 0 Å². The first-order valence-corrected chi connectivity index (χ1v) is 5.20. The van der Waals surface area contributed by atoms with Gasteiger partial charge >= 0.3 is 0 Å². The molecule has 0 saturated heterocycles. The molecular weight excluding hydrogens is 199 g/mol. The van der Waals surface area contributed by atoms with Crippen LogP contribution in [0, 0.1) is 12.7 Å². The largest absolute Gasteiger partial charge is 0.206 e. The van der Waals surface area contributed by atoms with Gasteiger partial charge in [-0.15, -0.1) is 0 Å². The minimum absolute atomic E-state index is 0.195. The highest BCUT2D eigenvalue weighted by molar-refractivity contribution is 5.70. The maximum atomic E-state index is 13.7. The summed E-state index contributed by atoms with van der Waals surface area (Å²) in [5, 5.41) is 0. The molecule has 2 aromatic rings. The highest BCUT2D eigenvalue weighted by Gasteiger charge is 2.07. The number of aryl methyl sites for hydroxylation is 1. The van der Waals surface area contributed by atoms with Crippen molar-refractivity contribution in [2.45, 2.75) is 6.92 Å². The fourth-order valence-electron chi connectivity index (χ4n) is 1.75. The van der Waals surface area contributed by atoms with Crippen molar-refractivity contribution < 1.29 is 4.39 Å². The Balaban J connectivity index is 2.63. The van der Waals surface area contributed by atoms with Crippen LogP contribution in [0.4, 0.5) is 4.39 Å². The van der Waals surface area contributed by atoms with Gasteiger partial charge in [0.15, 0.2) is 0 Å². The third-order valence-corrected chi connectivity index (χ3v) is 2.66. The van der Waals surface area contributed by atoms with Crippen LogP contribution in [0.25, 0.3) is 17.2 Å². The predicted molar refractivity (Wildman–Crippen MR) is 66.7 cm³/mol. The lowest BCUT2D eigenvalue weighted by Gasteiger charge is -2.07. The van der Waals surface area contributed by atoms with Gasteiger partial charge in [-0.2, -0.15) is 0 Å². The van der Waals surface area contributed by atoms with Crippen LogP contribution in [-0.4, -0.2) is 0 Å². The van der Waals surface area contributed by atoms with Gasteiger partial charge < -0.3 is 0 Å². The van der Waals surface area contributed by atoms with Crippen molar-refractivity contribution in [3.8, 4) is 11.1 Å². The predicted octanol–water partition coefficient (Wildman–Crippen LogP) is 4.44. The average Bonchev–Trinajstić information content (AvgIpc) is 2.31. The van der Waals surface area contributed by atoms with E-state index in [0.717, 1.165) is 16.7 Å². The Morgan fingerprint density at radius 1 is 1.06 bits per heavy atom. The number of halogens is 1. The number of benzene rings is 2. The molecule has 0 unspecified atom stereocenters. The monoisotopic (exact) mass is 212 g/mol. The summed E-state index contributed by atoms with van der Waals surface area (Å²) in [6.45, 7) is 5.68. The van der Waals surface area contributed by atoms with E-state index in [1.165, 1.54) is 6.07 Å². The van der Waals surface area contributed by atoms with Crippen molar-refractivity contribution in [2.75, 3.05) is 0 Å². The lowest BCUT2D eigenvalue weighted by Crippen LogP contribution is -1.88. The van der Waals surface area contributed by atoms with E-state index < -0.39 is 0 Å². The first-order chi connectivity index (χ1) is 7.72. The topological polar surface area (TPSA) is 0 Å². The summed E-state index contributed by atoms with van der Waals surface area (Å²) in [7, 11) is 0. The molecule has 0 amide bonds. The van der Waals surface area contributed by atoms with Gasteiger partial charge in [0.2, 0.25) is 0 Å². The van der Waals surface area contributed by atoms with Crippen molar-refractivity contribution in [3.63, 3.8) is 0 Å². The number of hydrogen-bond acceptors (Lipinski definition) is 0. The summed E-state index contributed by atoms with van der Waals surface area (Å²) in [6, 6.07) is 12.8. The quantitative estimate of drug-likeness (QED) is 0.690. The zero-order chi connectivity index (χ0) is 11.5. The zero-order valence-electron chi connectivity index (χ0n) is 9.20. The molecule has 0 fully saturated rings. The van der Waals surface area contributed by atoms with Gasteiger partial charge in [-0.25, -0.2) is 4.39 Å². The number of hydrogen-bond donors (Lipinski definition) is 0. The van der Waals surface area contributed by atoms with E-state index in [4.69, 9.17) is 0 Å². The smallest absolute Gasteiger partial charge is 0.131 e. The molecule has 0 aliphatic rings. The van der Waals surface area contributed by atoms with Gasteiger partial charge in [-0.1, -0.05) is 43.0 Å². The van der Waals surface area contributed by atoms with Crippen LogP contribution in [-0.2, 0) is 0 Å². The van der Waals surface area contributed by atoms with Crippen LogP contribution >= 0.6 is 0 Å². The maximum absolute atomic E-state index is 13.7. The Morgan fingerprint density at radius 3 is 2.50 bits per heavy atom. The van der Waals surface area contributed by atoms with Gasteiger partial charge in [-0.05, 0) is 35.7 Å². The van der Waals surface area contributed by atoms with Crippen LogP contribution in [0.3, 0.4) is 0 Å². The van der Waals surface area contributed by atoms with E-state index in [1.54, 1.807) is 12.1 Å². The van der Waals surface area contributed by atoms with E-state index in [0.29, 0.717) is 5.56 Å². The molecule has 0 radical (unpaired) electrons. The summed E-state index contributed by atoms with van der Waals surface area (Å²) >= 11 is 0. The van der Waals surface area contributed by atoms with Crippen molar-refractivity contribution in [1.29, 1.82) is 0 Å². The highest BCUT2D eigenvalue weighted by Crippen LogP contribution is 2.27. The Kier molecular flexibility index (Phi) is 2.86. The lowest BCUT2D eigenvalue weighted by atomic mass is 9.98. The van der Waals surface area contributed by atoms with Crippen molar-refractivity contribution in [1.82, 2.24) is 0 Å². The molecular formula is C15H13F. The minimum atomic E-state index is -0.195. The van der Waals surface area contributed by atoms with Gasteiger partial charge in [0.1, 0.15) is 5.82 Å². The van der Waals surface area contributed by atoms with Crippen LogP contribution in [0.2, 0.25) is 0 Å². The minimum Gasteiger partial charge on any atom is -0.206 e. The Hall–Kier alpha value is -1.89. The average molecular weight is 212 g/mol. The summed E-state index contributed by atoms with van der Waals surface area (Å²) in [6.07, 6.45) is 1.72. The second-order valence-electron chi connectivity index (χ2n) is 3.76. The molecule has 0 saturated carbocycles. The molecule has 0 aliphatic carbocycles. The van der Waals surface area contributed by atoms with Crippen LogP contribution in [0.15, 0.2) is 49.0 Å². The summed E-state index contributed by atoms with van der Waals surface area (Å²) in [4.78, 5) is 0. The van der Waals surface area contributed by atoms with Crippen molar-refractivity contribution in [2.24, 2.45) is 0 Å². The molecule has 2 rings (SSSR count). The normalized spacial score (nSPS) is 10.1. The van der Waals surface area contributed by atoms with Crippen LogP contribution in [0.1, 0.15) is 11.1 Å². The van der Waals surface area contributed by atoms with E-state index in [1.807, 2.05) is 37.3 Å². The molecule has 0 aliphatic heterocycles. The summed E-state index contributed by atoms with van der Waals surface area (Å²) in [5.41, 5.74) is 3.57. The Morgan fingerprint density at radius 2 is 1.81 bits per heavy atom. The first kappa shape index (κ1) is 10.6. The van der Waals surface area contributed by atoms with Gasteiger partial charge in [0, 0.05) is 5.56 Å². The van der Waals surface area contributed by atoms with E-state index >= 15 is 0 Å². The molecule has 16 heavy (non-hydrogen) atoms. The zero-order valence-corrected chi connectivity index (χ0v) is 9.20. The lowest BCUT2D eigenvalue weighted by molar-refractivity contribution is 0.631. The van der Waals surface area contributed by atoms with Gasteiger partial charge in [0.25, 0.3) is 0 Å². The molecule has 2 aromatic carbocycles. The molecule has 80 valence electrons. The third kappa shape index (κ3) is 1.89. The molecule has 0 N–H and O–H groups in total. The van der Waals surface area contributed by atoms with Gasteiger partial charge in [0.05, 0.1) is 0 Å². The summed E-state index contributed by atoms with van der Waals surface area (Å²) < 4.78 is 13.7. The Bertz CT molecular complexity index is 527. The SMILES string of the molecule is C=Cc1ccc(F)c(-c2ccccc2C)c1. The fourth-order valence-corrected chi connectivity index (χ4v) is 1.75. The van der Waals surface area contributed by atoms with E-state index in [2.05, 4.69) is 6.58 Å². The molecule has 0 heterocycles. The van der Waals surface area contributed by atoms with E-state index in [-0.39, 0.29) is 5.82 Å². The summed E-state index contributed by atoms with van der Waals surface area (Å²) in [5.74, 6) is -0.195. The van der Waals surface area contributed by atoms with Crippen LogP contribution in [0.5, 0.6) is 0 Å². The second-order valence-corrected chi connectivity index (χ2v) is 3.76. The number of rotatable bonds is 2. The molecule has 0 bridgehead atoms. The second kappa shape index (κ2) is 4.31.